The molecule has 0 aliphatic heterocycles. The maximum atomic E-state index is 9.18. The third-order valence-electron chi connectivity index (χ3n) is 2.89. The van der Waals surface area contributed by atoms with Gasteiger partial charge in [-0.3, -0.25) is 0 Å². The largest absolute Gasteiger partial charge is 0.508 e. The van der Waals surface area contributed by atoms with Crippen LogP contribution in [0.5, 0.6) is 5.75 Å². The summed E-state index contributed by atoms with van der Waals surface area (Å²) in [6.45, 7) is 3.33. The van der Waals surface area contributed by atoms with E-state index in [4.69, 9.17) is 5.11 Å². The van der Waals surface area contributed by atoms with Crippen LogP contribution in [-0.2, 0) is 6.42 Å². The molecule has 0 bridgehead atoms. The molecule has 0 saturated heterocycles. The molecule has 0 amide bonds. The standard InChI is InChI=1S/C13H21NO2/c1-11(14(2)8-3-9-15)10-12-4-6-13(16)7-5-12/h4-7,11,15-16H,3,8-10H2,1-2H3. The summed E-state index contributed by atoms with van der Waals surface area (Å²) in [6.07, 6.45) is 1.78. The lowest BCUT2D eigenvalue weighted by Gasteiger charge is -2.24. The minimum atomic E-state index is 0.246. The Labute approximate surface area is 97.3 Å². The summed E-state index contributed by atoms with van der Waals surface area (Å²) >= 11 is 0. The minimum Gasteiger partial charge on any atom is -0.508 e. The van der Waals surface area contributed by atoms with Crippen molar-refractivity contribution in [3.8, 4) is 5.75 Å². The predicted octanol–water partition coefficient (Wildman–Crippen LogP) is 1.64. The Bertz CT molecular complexity index is 297. The maximum absolute atomic E-state index is 9.18. The zero-order valence-corrected chi connectivity index (χ0v) is 10.1. The van der Waals surface area contributed by atoms with Crippen molar-refractivity contribution in [2.24, 2.45) is 0 Å². The van der Waals surface area contributed by atoms with Crippen LogP contribution in [0, 0.1) is 0 Å². The number of aliphatic hydroxyl groups is 1. The average Bonchev–Trinajstić information content (AvgIpc) is 2.29. The first-order chi connectivity index (χ1) is 7.63. The molecule has 0 radical (unpaired) electrons. The Hall–Kier alpha value is -1.06. The molecular formula is C13H21NO2. The number of nitrogens with zero attached hydrogens (tertiary/aromatic N) is 1. The number of likely N-dealkylation sites (N-methyl/N-ethyl adjacent to an activating group) is 1. The van der Waals surface area contributed by atoms with Crippen LogP contribution in [0.25, 0.3) is 0 Å². The molecule has 0 fully saturated rings. The number of hydrogen-bond acceptors (Lipinski definition) is 3. The zero-order chi connectivity index (χ0) is 12.0. The van der Waals surface area contributed by atoms with Crippen molar-refractivity contribution in [3.63, 3.8) is 0 Å². The van der Waals surface area contributed by atoms with E-state index in [0.29, 0.717) is 11.8 Å². The summed E-state index contributed by atoms with van der Waals surface area (Å²) < 4.78 is 0. The highest BCUT2D eigenvalue weighted by molar-refractivity contribution is 5.26. The number of aliphatic hydroxyl groups excluding tert-OH is 1. The SMILES string of the molecule is CC(Cc1ccc(O)cc1)N(C)CCCO. The molecule has 0 spiro atoms. The topological polar surface area (TPSA) is 43.7 Å². The first kappa shape index (κ1) is 13.0. The van der Waals surface area contributed by atoms with Gasteiger partial charge in [0.2, 0.25) is 0 Å². The smallest absolute Gasteiger partial charge is 0.115 e. The van der Waals surface area contributed by atoms with E-state index in [-0.39, 0.29) is 6.61 Å². The van der Waals surface area contributed by atoms with E-state index in [1.165, 1.54) is 5.56 Å². The quantitative estimate of drug-likeness (QED) is 0.770. The minimum absolute atomic E-state index is 0.246. The number of hydrogen-bond donors (Lipinski definition) is 2. The summed E-state index contributed by atoms with van der Waals surface area (Å²) in [4.78, 5) is 2.24. The summed E-state index contributed by atoms with van der Waals surface area (Å²) in [6, 6.07) is 7.78. The Morgan fingerprint density at radius 2 is 1.88 bits per heavy atom. The molecule has 0 aliphatic rings. The van der Waals surface area contributed by atoms with Crippen molar-refractivity contribution in [1.29, 1.82) is 0 Å². The van der Waals surface area contributed by atoms with Crippen LogP contribution in [0.15, 0.2) is 24.3 Å². The van der Waals surface area contributed by atoms with E-state index >= 15 is 0 Å². The molecule has 0 saturated carbocycles. The number of benzene rings is 1. The van der Waals surface area contributed by atoms with Gasteiger partial charge in [-0.2, -0.15) is 0 Å². The molecular weight excluding hydrogens is 202 g/mol. The van der Waals surface area contributed by atoms with Crippen LogP contribution in [0.2, 0.25) is 0 Å². The summed E-state index contributed by atoms with van der Waals surface area (Å²) in [5.74, 6) is 0.310. The fourth-order valence-electron chi connectivity index (χ4n) is 1.67. The van der Waals surface area contributed by atoms with Crippen molar-refractivity contribution < 1.29 is 10.2 Å². The molecule has 3 heteroatoms. The lowest BCUT2D eigenvalue weighted by molar-refractivity contribution is 0.214. The van der Waals surface area contributed by atoms with Gasteiger partial charge in [-0.05, 0) is 44.5 Å². The van der Waals surface area contributed by atoms with Gasteiger partial charge in [-0.1, -0.05) is 12.1 Å². The van der Waals surface area contributed by atoms with Crippen molar-refractivity contribution in [2.75, 3.05) is 20.2 Å². The van der Waals surface area contributed by atoms with Crippen LogP contribution in [-0.4, -0.2) is 41.4 Å². The van der Waals surface area contributed by atoms with E-state index in [2.05, 4.69) is 18.9 Å². The van der Waals surface area contributed by atoms with E-state index in [0.717, 1.165) is 19.4 Å². The molecule has 2 N–H and O–H groups in total. The molecule has 0 aromatic heterocycles. The van der Waals surface area contributed by atoms with Gasteiger partial charge in [0.15, 0.2) is 0 Å². The van der Waals surface area contributed by atoms with Gasteiger partial charge in [0.25, 0.3) is 0 Å². The maximum Gasteiger partial charge on any atom is 0.115 e. The van der Waals surface area contributed by atoms with Crippen LogP contribution in [0.1, 0.15) is 18.9 Å². The molecule has 0 aliphatic carbocycles. The van der Waals surface area contributed by atoms with Crippen LogP contribution >= 0.6 is 0 Å². The fourth-order valence-corrected chi connectivity index (χ4v) is 1.67. The van der Waals surface area contributed by atoms with Gasteiger partial charge in [0.05, 0.1) is 0 Å². The van der Waals surface area contributed by atoms with Crippen LogP contribution < -0.4 is 0 Å². The number of aromatic hydroxyl groups is 1. The number of phenolic OH excluding ortho intramolecular Hbond substituents is 1. The summed E-state index contributed by atoms with van der Waals surface area (Å²) in [5, 5.41) is 17.9. The lowest BCUT2D eigenvalue weighted by atomic mass is 10.1. The third-order valence-corrected chi connectivity index (χ3v) is 2.89. The van der Waals surface area contributed by atoms with Gasteiger partial charge in [0, 0.05) is 19.2 Å². The van der Waals surface area contributed by atoms with Gasteiger partial charge >= 0.3 is 0 Å². The van der Waals surface area contributed by atoms with E-state index in [1.807, 2.05) is 12.1 Å². The van der Waals surface area contributed by atoms with Crippen LogP contribution in [0.3, 0.4) is 0 Å². The molecule has 1 atom stereocenters. The van der Waals surface area contributed by atoms with Gasteiger partial charge < -0.3 is 15.1 Å². The van der Waals surface area contributed by atoms with E-state index in [9.17, 15) is 5.11 Å². The van der Waals surface area contributed by atoms with Crippen LogP contribution in [0.4, 0.5) is 0 Å². The molecule has 90 valence electrons. The number of phenols is 1. The summed E-state index contributed by atoms with van der Waals surface area (Å²) in [5.41, 5.74) is 1.22. The highest BCUT2D eigenvalue weighted by atomic mass is 16.3. The predicted molar refractivity (Wildman–Crippen MR) is 65.6 cm³/mol. The van der Waals surface area contributed by atoms with Gasteiger partial charge in [0.1, 0.15) is 5.75 Å². The second-order valence-electron chi connectivity index (χ2n) is 4.28. The van der Waals surface area contributed by atoms with E-state index < -0.39 is 0 Å². The first-order valence-electron chi connectivity index (χ1n) is 5.72. The highest BCUT2D eigenvalue weighted by Crippen LogP contribution is 2.12. The summed E-state index contributed by atoms with van der Waals surface area (Å²) in [7, 11) is 2.07. The monoisotopic (exact) mass is 223 g/mol. The normalized spacial score (nSPS) is 13.0. The van der Waals surface area contributed by atoms with Gasteiger partial charge in [-0.25, -0.2) is 0 Å². The van der Waals surface area contributed by atoms with E-state index in [1.54, 1.807) is 12.1 Å². The number of rotatable bonds is 6. The highest BCUT2D eigenvalue weighted by Gasteiger charge is 2.09. The Morgan fingerprint density at radius 1 is 1.25 bits per heavy atom. The molecule has 1 aromatic carbocycles. The molecule has 3 nitrogen and oxygen atoms in total. The fraction of sp³-hybridized carbons (Fsp3) is 0.538. The van der Waals surface area contributed by atoms with Crippen molar-refractivity contribution >= 4 is 0 Å². The molecule has 16 heavy (non-hydrogen) atoms. The van der Waals surface area contributed by atoms with Crippen molar-refractivity contribution in [3.05, 3.63) is 29.8 Å². The molecule has 1 aromatic rings. The second kappa shape index (κ2) is 6.51. The third kappa shape index (κ3) is 4.21. The Kier molecular flexibility index (Phi) is 5.29. The van der Waals surface area contributed by atoms with Gasteiger partial charge in [-0.15, -0.1) is 0 Å². The first-order valence-corrected chi connectivity index (χ1v) is 5.72. The van der Waals surface area contributed by atoms with Crippen molar-refractivity contribution in [2.45, 2.75) is 25.8 Å². The lowest BCUT2D eigenvalue weighted by Crippen LogP contribution is -2.32. The molecule has 1 unspecified atom stereocenters. The van der Waals surface area contributed by atoms with Crippen molar-refractivity contribution in [1.82, 2.24) is 4.90 Å². The average molecular weight is 223 g/mol. The zero-order valence-electron chi connectivity index (χ0n) is 10.1. The molecule has 0 heterocycles. The Morgan fingerprint density at radius 3 is 2.44 bits per heavy atom. The Balaban J connectivity index is 2.43. The second-order valence-corrected chi connectivity index (χ2v) is 4.28. The molecule has 1 rings (SSSR count).